The molecular formula is C10H11NO5S. The van der Waals surface area contributed by atoms with E-state index in [-0.39, 0.29) is 6.54 Å². The third-order valence-corrected chi connectivity index (χ3v) is 2.25. The molecule has 0 aliphatic rings. The van der Waals surface area contributed by atoms with Crippen LogP contribution in [0.3, 0.4) is 0 Å². The molecule has 0 aliphatic carbocycles. The monoisotopic (exact) mass is 257 g/mol. The Kier molecular flexibility index (Phi) is 5.15. The Labute approximate surface area is 99.6 Å². The van der Waals surface area contributed by atoms with Crippen molar-refractivity contribution in [1.29, 1.82) is 0 Å². The first kappa shape index (κ1) is 13.2. The van der Waals surface area contributed by atoms with Crippen molar-refractivity contribution in [3.05, 3.63) is 29.8 Å². The summed E-state index contributed by atoms with van der Waals surface area (Å²) >= 11 is 0. The third kappa shape index (κ3) is 5.67. The number of carboxylic acid groups (broad SMARTS) is 1. The molecule has 0 aromatic heterocycles. The van der Waals surface area contributed by atoms with Crippen LogP contribution in [0.2, 0.25) is 0 Å². The summed E-state index contributed by atoms with van der Waals surface area (Å²) in [5.41, 5.74) is 0.835. The van der Waals surface area contributed by atoms with Crippen LogP contribution in [-0.4, -0.2) is 32.6 Å². The molecule has 0 fully saturated rings. The van der Waals surface area contributed by atoms with Crippen LogP contribution in [0.15, 0.2) is 28.6 Å². The maximum absolute atomic E-state index is 10.3. The average Bonchev–Trinajstić information content (AvgIpc) is 2.26. The maximum Gasteiger partial charge on any atom is 0.341 e. The van der Waals surface area contributed by atoms with Crippen molar-refractivity contribution in [1.82, 2.24) is 0 Å². The highest BCUT2D eigenvalue weighted by molar-refractivity contribution is 7.61. The van der Waals surface area contributed by atoms with Gasteiger partial charge in [-0.05, 0) is 24.1 Å². The second-order valence-corrected chi connectivity index (χ2v) is 3.84. The molecule has 0 saturated carbocycles. The summed E-state index contributed by atoms with van der Waals surface area (Å²) in [5, 5.41) is 8.44. The van der Waals surface area contributed by atoms with Gasteiger partial charge in [0.25, 0.3) is 0 Å². The van der Waals surface area contributed by atoms with Crippen LogP contribution in [0.1, 0.15) is 5.56 Å². The quantitative estimate of drug-likeness (QED) is 0.811. The highest BCUT2D eigenvalue weighted by Crippen LogP contribution is 2.13. The molecule has 92 valence electrons. The minimum Gasteiger partial charge on any atom is -0.482 e. The predicted octanol–water partition coefficient (Wildman–Crippen LogP) is 0.755. The molecule has 0 amide bonds. The molecule has 7 heteroatoms. The summed E-state index contributed by atoms with van der Waals surface area (Å²) in [4.78, 5) is 10.3. The number of hydrogen-bond donors (Lipinski definition) is 1. The van der Waals surface area contributed by atoms with Crippen LogP contribution in [0.25, 0.3) is 0 Å². The topological polar surface area (TPSA) is 93.0 Å². The Hall–Kier alpha value is -1.89. The van der Waals surface area contributed by atoms with Crippen molar-refractivity contribution in [2.45, 2.75) is 6.42 Å². The van der Waals surface area contributed by atoms with Gasteiger partial charge in [0.05, 0.1) is 6.54 Å². The standard InChI is InChI=1S/C10H11NO5S/c12-10(13)7-16-9-3-1-2-8(6-9)4-5-11-17(14)15/h1-3,6H,4-5,7H2,(H,12,13). The fourth-order valence-electron chi connectivity index (χ4n) is 1.19. The molecule has 1 aromatic carbocycles. The van der Waals surface area contributed by atoms with Crippen molar-refractivity contribution in [3.8, 4) is 5.75 Å². The van der Waals surface area contributed by atoms with Crippen molar-refractivity contribution in [3.63, 3.8) is 0 Å². The molecule has 0 aliphatic heterocycles. The average molecular weight is 257 g/mol. The smallest absolute Gasteiger partial charge is 0.341 e. The Bertz CT molecular complexity index is 515. The molecule has 0 radical (unpaired) electrons. The van der Waals surface area contributed by atoms with E-state index in [0.29, 0.717) is 12.2 Å². The van der Waals surface area contributed by atoms with E-state index in [2.05, 4.69) is 4.36 Å². The summed E-state index contributed by atoms with van der Waals surface area (Å²) in [7, 11) is -2.39. The van der Waals surface area contributed by atoms with E-state index in [0.717, 1.165) is 5.56 Å². The number of benzene rings is 1. The van der Waals surface area contributed by atoms with Crippen LogP contribution in [0.4, 0.5) is 0 Å². The van der Waals surface area contributed by atoms with Gasteiger partial charge in [-0.1, -0.05) is 12.1 Å². The number of carboxylic acids is 1. The van der Waals surface area contributed by atoms with Gasteiger partial charge in [-0.15, -0.1) is 0 Å². The number of nitrogens with zero attached hydrogens (tertiary/aromatic N) is 1. The second-order valence-electron chi connectivity index (χ2n) is 3.15. The molecule has 1 rings (SSSR count). The Balaban J connectivity index is 2.59. The normalized spacial score (nSPS) is 9.65. The zero-order valence-corrected chi connectivity index (χ0v) is 9.68. The largest absolute Gasteiger partial charge is 0.482 e. The number of ether oxygens (including phenoxy) is 1. The van der Waals surface area contributed by atoms with Crippen molar-refractivity contribution >= 4 is 16.5 Å². The minimum absolute atomic E-state index is 0.165. The van der Waals surface area contributed by atoms with Gasteiger partial charge in [-0.25, -0.2) is 4.79 Å². The van der Waals surface area contributed by atoms with E-state index < -0.39 is 23.1 Å². The lowest BCUT2D eigenvalue weighted by atomic mass is 10.1. The number of rotatable bonds is 6. The van der Waals surface area contributed by atoms with Crippen LogP contribution >= 0.6 is 0 Å². The Morgan fingerprint density at radius 2 is 2.18 bits per heavy atom. The fraction of sp³-hybridized carbons (Fsp3) is 0.300. The number of hydrogen-bond acceptors (Lipinski definition) is 5. The third-order valence-electron chi connectivity index (χ3n) is 1.86. The van der Waals surface area contributed by atoms with Crippen molar-refractivity contribution in [2.24, 2.45) is 4.36 Å². The van der Waals surface area contributed by atoms with Gasteiger partial charge in [0.1, 0.15) is 5.75 Å². The van der Waals surface area contributed by atoms with E-state index >= 15 is 0 Å². The van der Waals surface area contributed by atoms with Gasteiger partial charge < -0.3 is 9.84 Å². The molecule has 6 nitrogen and oxygen atoms in total. The molecule has 1 N–H and O–H groups in total. The molecule has 0 bridgehead atoms. The first-order chi connectivity index (χ1) is 8.08. The second kappa shape index (κ2) is 6.64. The van der Waals surface area contributed by atoms with Crippen LogP contribution < -0.4 is 4.74 Å². The van der Waals surface area contributed by atoms with Gasteiger partial charge in [0.15, 0.2) is 6.61 Å². The molecule has 0 atom stereocenters. The van der Waals surface area contributed by atoms with E-state index in [1.54, 1.807) is 24.3 Å². The molecule has 0 unspecified atom stereocenters. The zero-order valence-electron chi connectivity index (χ0n) is 8.87. The summed E-state index contributed by atoms with van der Waals surface area (Å²) < 4.78 is 28.6. The van der Waals surface area contributed by atoms with Gasteiger partial charge >= 0.3 is 16.5 Å². The molecular weight excluding hydrogens is 246 g/mol. The SMILES string of the molecule is O=C(O)COc1cccc(CCN=S(=O)=O)c1. The molecule has 1 aromatic rings. The van der Waals surface area contributed by atoms with Crippen LogP contribution in [-0.2, 0) is 21.7 Å². The van der Waals surface area contributed by atoms with E-state index in [1.165, 1.54) is 0 Å². The zero-order chi connectivity index (χ0) is 12.7. The van der Waals surface area contributed by atoms with Gasteiger partial charge in [-0.2, -0.15) is 12.8 Å². The van der Waals surface area contributed by atoms with Gasteiger partial charge in [0.2, 0.25) is 0 Å². The predicted molar refractivity (Wildman–Crippen MR) is 59.5 cm³/mol. The Morgan fingerprint density at radius 1 is 1.41 bits per heavy atom. The highest BCUT2D eigenvalue weighted by Gasteiger charge is 2.00. The number of carbonyl (C=O) groups is 1. The Morgan fingerprint density at radius 3 is 2.82 bits per heavy atom. The van der Waals surface area contributed by atoms with E-state index in [1.807, 2.05) is 0 Å². The summed E-state index contributed by atoms with van der Waals surface area (Å²) in [6.07, 6.45) is 0.457. The lowest BCUT2D eigenvalue weighted by Gasteiger charge is -2.04. The molecule has 17 heavy (non-hydrogen) atoms. The lowest BCUT2D eigenvalue weighted by Crippen LogP contribution is -2.09. The lowest BCUT2D eigenvalue weighted by molar-refractivity contribution is -0.139. The van der Waals surface area contributed by atoms with Crippen molar-refractivity contribution < 1.29 is 23.1 Å². The molecule has 0 spiro atoms. The van der Waals surface area contributed by atoms with Gasteiger partial charge in [-0.3, -0.25) is 0 Å². The molecule has 0 saturated heterocycles. The first-order valence-electron chi connectivity index (χ1n) is 4.78. The summed E-state index contributed by atoms with van der Waals surface area (Å²) in [5.74, 6) is -0.611. The summed E-state index contributed by atoms with van der Waals surface area (Å²) in [6, 6.07) is 6.79. The van der Waals surface area contributed by atoms with E-state index in [9.17, 15) is 13.2 Å². The first-order valence-corrected chi connectivity index (χ1v) is 5.81. The summed E-state index contributed by atoms with van der Waals surface area (Å²) in [6.45, 7) is -0.239. The molecule has 0 heterocycles. The van der Waals surface area contributed by atoms with Crippen LogP contribution in [0, 0.1) is 0 Å². The van der Waals surface area contributed by atoms with Gasteiger partial charge in [0, 0.05) is 0 Å². The van der Waals surface area contributed by atoms with Crippen LogP contribution in [0.5, 0.6) is 5.75 Å². The maximum atomic E-state index is 10.3. The van der Waals surface area contributed by atoms with E-state index in [4.69, 9.17) is 9.84 Å². The van der Waals surface area contributed by atoms with Crippen molar-refractivity contribution in [2.75, 3.05) is 13.2 Å². The highest BCUT2D eigenvalue weighted by atomic mass is 32.2. The minimum atomic E-state index is -2.39. The number of aliphatic carboxylic acids is 1. The fourth-order valence-corrected chi connectivity index (χ4v) is 1.43.